The van der Waals surface area contributed by atoms with Crippen LogP contribution in [0.5, 0.6) is 5.75 Å². The molecule has 1 aromatic carbocycles. The summed E-state index contributed by atoms with van der Waals surface area (Å²) in [4.78, 5) is 16.6. The number of nitrogens with zero attached hydrogens (tertiary/aromatic N) is 3. The molecule has 3 rings (SSSR count). The quantitative estimate of drug-likeness (QED) is 0.886. The zero-order chi connectivity index (χ0) is 18.7. The summed E-state index contributed by atoms with van der Waals surface area (Å²) < 4.78 is 29.6. The number of carbonyl (C=O) groups excluding carboxylic acids is 1. The third-order valence-corrected chi connectivity index (χ3v) is 4.66. The number of hydrogen-bond donors (Lipinski definition) is 1. The predicted octanol–water partition coefficient (Wildman–Crippen LogP) is 2.59. The van der Waals surface area contributed by atoms with E-state index in [-0.39, 0.29) is 17.2 Å². The maximum atomic E-state index is 12.7. The number of H-pyrrole nitrogens is 1. The molecule has 0 saturated carbocycles. The topological polar surface area (TPSA) is 61.5 Å². The fraction of sp³-hybridized carbons (Fsp3) is 0.444. The Kier molecular flexibility index (Phi) is 5.51. The first-order valence-corrected chi connectivity index (χ1v) is 8.51. The number of nitrogens with one attached hydrogen (secondary N) is 1. The summed E-state index contributed by atoms with van der Waals surface area (Å²) >= 11 is 0. The summed E-state index contributed by atoms with van der Waals surface area (Å²) in [7, 11) is 0. The first-order valence-electron chi connectivity index (χ1n) is 8.51. The Balaban J connectivity index is 1.62. The largest absolute Gasteiger partial charge is 0.434 e. The van der Waals surface area contributed by atoms with E-state index in [0.29, 0.717) is 26.2 Å². The molecular formula is C18H22F2N4O2. The van der Waals surface area contributed by atoms with Gasteiger partial charge < -0.3 is 9.64 Å². The van der Waals surface area contributed by atoms with E-state index in [2.05, 4.69) is 19.8 Å². The minimum Gasteiger partial charge on any atom is -0.434 e. The lowest BCUT2D eigenvalue weighted by Gasteiger charge is -2.35. The van der Waals surface area contributed by atoms with E-state index in [1.54, 1.807) is 17.0 Å². The highest BCUT2D eigenvalue weighted by atomic mass is 19.3. The van der Waals surface area contributed by atoms with E-state index in [4.69, 9.17) is 0 Å². The smallest absolute Gasteiger partial charge is 0.387 e. The van der Waals surface area contributed by atoms with Gasteiger partial charge in [0.2, 0.25) is 0 Å². The van der Waals surface area contributed by atoms with Gasteiger partial charge in [0.15, 0.2) is 0 Å². The van der Waals surface area contributed by atoms with Crippen LogP contribution in [0.3, 0.4) is 0 Å². The van der Waals surface area contributed by atoms with Crippen molar-refractivity contribution >= 4 is 5.91 Å². The Labute approximate surface area is 150 Å². The average molecular weight is 364 g/mol. The lowest BCUT2D eigenvalue weighted by molar-refractivity contribution is -0.0503. The van der Waals surface area contributed by atoms with Gasteiger partial charge in [0, 0.05) is 44.0 Å². The van der Waals surface area contributed by atoms with Gasteiger partial charge in [0.1, 0.15) is 5.75 Å². The number of ether oxygens (including phenoxy) is 1. The first kappa shape index (κ1) is 18.3. The van der Waals surface area contributed by atoms with E-state index >= 15 is 0 Å². The third kappa shape index (κ3) is 4.01. The fourth-order valence-corrected chi connectivity index (χ4v) is 3.15. The molecule has 1 N–H and O–H groups in total. The third-order valence-electron chi connectivity index (χ3n) is 4.66. The minimum absolute atomic E-state index is 0.0837. The molecule has 1 fully saturated rings. The van der Waals surface area contributed by atoms with Crippen molar-refractivity contribution in [3.05, 3.63) is 46.8 Å². The zero-order valence-electron chi connectivity index (χ0n) is 14.8. The van der Waals surface area contributed by atoms with Crippen molar-refractivity contribution in [3.8, 4) is 5.75 Å². The zero-order valence-corrected chi connectivity index (χ0v) is 14.8. The number of hydrogen-bond acceptors (Lipinski definition) is 4. The van der Waals surface area contributed by atoms with E-state index in [1.165, 1.54) is 17.7 Å². The highest BCUT2D eigenvalue weighted by Crippen LogP contribution is 2.23. The molecule has 1 saturated heterocycles. The second kappa shape index (κ2) is 7.82. The molecule has 1 aliphatic rings. The Bertz CT molecular complexity index is 751. The monoisotopic (exact) mass is 364 g/mol. The van der Waals surface area contributed by atoms with Crippen LogP contribution in [0.1, 0.15) is 27.3 Å². The predicted molar refractivity (Wildman–Crippen MR) is 92.3 cm³/mol. The molecule has 1 aromatic heterocycles. The van der Waals surface area contributed by atoms with Gasteiger partial charge in [-0.05, 0) is 26.0 Å². The number of aromatic amines is 1. The molecule has 6 nitrogen and oxygen atoms in total. The lowest BCUT2D eigenvalue weighted by Crippen LogP contribution is -2.48. The normalized spacial score (nSPS) is 15.5. The number of carbonyl (C=O) groups is 1. The van der Waals surface area contributed by atoms with Crippen molar-refractivity contribution in [2.24, 2.45) is 0 Å². The summed E-state index contributed by atoms with van der Waals surface area (Å²) in [6, 6.07) is 6.12. The molecule has 0 radical (unpaired) electrons. The SMILES string of the molecule is Cc1n[nH]c(C)c1CN1CCN(C(=O)c2ccccc2OC(F)F)CC1. The molecule has 8 heteroatoms. The number of para-hydroxylation sites is 1. The molecule has 2 aromatic rings. The number of halogens is 2. The molecular weight excluding hydrogens is 342 g/mol. The van der Waals surface area contributed by atoms with Crippen LogP contribution in [0.4, 0.5) is 8.78 Å². The molecule has 0 atom stereocenters. The molecule has 0 unspecified atom stereocenters. The molecule has 2 heterocycles. The van der Waals surface area contributed by atoms with Crippen molar-refractivity contribution in [3.63, 3.8) is 0 Å². The summed E-state index contributed by atoms with van der Waals surface area (Å²) in [6.45, 7) is 4.30. The van der Waals surface area contributed by atoms with E-state index in [9.17, 15) is 13.6 Å². The second-order valence-corrected chi connectivity index (χ2v) is 6.36. The molecule has 26 heavy (non-hydrogen) atoms. The standard InChI is InChI=1S/C18H22F2N4O2/c1-12-15(13(2)22-21-12)11-23-7-9-24(10-8-23)17(25)14-5-3-4-6-16(14)26-18(19)20/h3-6,18H,7-11H2,1-2H3,(H,21,22). The van der Waals surface area contributed by atoms with Gasteiger partial charge in [-0.3, -0.25) is 14.8 Å². The molecule has 1 amide bonds. The minimum atomic E-state index is -2.96. The molecule has 0 spiro atoms. The summed E-state index contributed by atoms with van der Waals surface area (Å²) in [5.74, 6) is -0.365. The Morgan fingerprint density at radius 2 is 1.92 bits per heavy atom. The van der Waals surface area contributed by atoms with Crippen LogP contribution in [0.15, 0.2) is 24.3 Å². The van der Waals surface area contributed by atoms with Gasteiger partial charge in [-0.25, -0.2) is 0 Å². The number of rotatable bonds is 5. The van der Waals surface area contributed by atoms with E-state index in [0.717, 1.165) is 17.9 Å². The van der Waals surface area contributed by atoms with Crippen molar-refractivity contribution in [2.45, 2.75) is 27.0 Å². The van der Waals surface area contributed by atoms with Gasteiger partial charge in [0.25, 0.3) is 5.91 Å². The number of benzene rings is 1. The van der Waals surface area contributed by atoms with Gasteiger partial charge in [-0.15, -0.1) is 0 Å². The average Bonchev–Trinajstić information content (AvgIpc) is 2.94. The maximum absolute atomic E-state index is 12.7. The van der Waals surface area contributed by atoms with Crippen molar-refractivity contribution < 1.29 is 18.3 Å². The van der Waals surface area contributed by atoms with Crippen LogP contribution in [0.2, 0.25) is 0 Å². The maximum Gasteiger partial charge on any atom is 0.387 e. The summed E-state index contributed by atoms with van der Waals surface area (Å²) in [5.41, 5.74) is 3.39. The van der Waals surface area contributed by atoms with Crippen LogP contribution < -0.4 is 4.74 Å². The van der Waals surface area contributed by atoms with Gasteiger partial charge >= 0.3 is 6.61 Å². The number of piperazine rings is 1. The van der Waals surface area contributed by atoms with Gasteiger partial charge in [-0.1, -0.05) is 12.1 Å². The lowest BCUT2D eigenvalue weighted by atomic mass is 10.1. The van der Waals surface area contributed by atoms with E-state index < -0.39 is 6.61 Å². The van der Waals surface area contributed by atoms with Crippen molar-refractivity contribution in [1.29, 1.82) is 0 Å². The Morgan fingerprint density at radius 3 is 2.54 bits per heavy atom. The second-order valence-electron chi connectivity index (χ2n) is 6.36. The number of amides is 1. The summed E-state index contributed by atoms with van der Waals surface area (Å²) in [6.07, 6.45) is 0. The van der Waals surface area contributed by atoms with Gasteiger partial charge in [0.05, 0.1) is 11.3 Å². The van der Waals surface area contributed by atoms with E-state index in [1.807, 2.05) is 13.8 Å². The van der Waals surface area contributed by atoms with Crippen LogP contribution >= 0.6 is 0 Å². The number of alkyl halides is 2. The first-order chi connectivity index (χ1) is 12.5. The number of aromatic nitrogens is 2. The van der Waals surface area contributed by atoms with Crippen molar-refractivity contribution in [1.82, 2.24) is 20.0 Å². The molecule has 0 aliphatic carbocycles. The summed E-state index contributed by atoms with van der Waals surface area (Å²) in [5, 5.41) is 7.19. The number of aryl methyl sites for hydroxylation is 2. The van der Waals surface area contributed by atoms with Crippen LogP contribution in [-0.2, 0) is 6.54 Å². The fourth-order valence-electron chi connectivity index (χ4n) is 3.15. The Morgan fingerprint density at radius 1 is 1.23 bits per heavy atom. The Hall–Kier alpha value is -2.48. The van der Waals surface area contributed by atoms with Gasteiger partial charge in [-0.2, -0.15) is 13.9 Å². The highest BCUT2D eigenvalue weighted by molar-refractivity contribution is 5.97. The molecule has 1 aliphatic heterocycles. The van der Waals surface area contributed by atoms with Crippen LogP contribution in [0, 0.1) is 13.8 Å². The molecule has 140 valence electrons. The van der Waals surface area contributed by atoms with Crippen LogP contribution in [0.25, 0.3) is 0 Å². The van der Waals surface area contributed by atoms with Crippen molar-refractivity contribution in [2.75, 3.05) is 26.2 Å². The van der Waals surface area contributed by atoms with Crippen LogP contribution in [-0.4, -0.2) is 58.7 Å². The highest BCUT2D eigenvalue weighted by Gasteiger charge is 2.25. The molecule has 0 bridgehead atoms.